The van der Waals surface area contributed by atoms with Crippen LogP contribution in [0, 0.1) is 0 Å². The van der Waals surface area contributed by atoms with Crippen LogP contribution >= 0.6 is 11.6 Å². The Bertz CT molecular complexity index is 210. The van der Waals surface area contributed by atoms with Crippen molar-refractivity contribution in [2.75, 3.05) is 0 Å². The fourth-order valence-corrected chi connectivity index (χ4v) is 1.40. The van der Waals surface area contributed by atoms with E-state index < -0.39 is 0 Å². The Morgan fingerprint density at radius 2 is 1.73 bits per heavy atom. The predicted molar refractivity (Wildman–Crippen MR) is 50.7 cm³/mol. The van der Waals surface area contributed by atoms with Crippen molar-refractivity contribution in [2.24, 2.45) is 0 Å². The summed E-state index contributed by atoms with van der Waals surface area (Å²) in [6.07, 6.45) is 0. The minimum atomic E-state index is 0.585. The number of hydrogen-bond donors (Lipinski definition) is 0. The summed E-state index contributed by atoms with van der Waals surface area (Å²) in [5, 5.41) is 0. The van der Waals surface area contributed by atoms with Crippen LogP contribution in [-0.2, 0) is 16.9 Å². The van der Waals surface area contributed by atoms with Crippen molar-refractivity contribution >= 4 is 22.1 Å². The molecule has 0 aliphatic carbocycles. The number of halogens is 1. The molecule has 60 valence electrons. The van der Waals surface area contributed by atoms with Crippen LogP contribution in [0.4, 0.5) is 0 Å². The van der Waals surface area contributed by atoms with Gasteiger partial charge in [0.1, 0.15) is 10.5 Å². The van der Waals surface area contributed by atoms with Crippen molar-refractivity contribution < 1.29 is 4.43 Å². The lowest BCUT2D eigenvalue weighted by Crippen LogP contribution is -1.88. The van der Waals surface area contributed by atoms with Gasteiger partial charge in [-0.3, -0.25) is 0 Å². The summed E-state index contributed by atoms with van der Waals surface area (Å²) in [5.74, 6) is 0.585. The molecule has 0 saturated carbocycles. The third kappa shape index (κ3) is 2.65. The van der Waals surface area contributed by atoms with Gasteiger partial charge in [0.15, 0.2) is 0 Å². The number of hydrogen-bond acceptors (Lipinski definition) is 1. The molecule has 0 saturated heterocycles. The fourth-order valence-electron chi connectivity index (χ4n) is 0.891. The van der Waals surface area contributed by atoms with Crippen molar-refractivity contribution in [3.05, 3.63) is 35.4 Å². The van der Waals surface area contributed by atoms with Gasteiger partial charge in [0.2, 0.25) is 0 Å². The maximum absolute atomic E-state index is 5.63. The largest absolute Gasteiger partial charge is 0.424 e. The highest BCUT2D eigenvalue weighted by Gasteiger charge is 1.91. The molecule has 1 rings (SSSR count). The molecule has 1 aromatic rings. The predicted octanol–water partition coefficient (Wildman–Crippen LogP) is 1.22. The molecular weight excluding hydrogens is 176 g/mol. The quantitative estimate of drug-likeness (QED) is 0.510. The Morgan fingerprint density at radius 3 is 2.18 bits per heavy atom. The Kier molecular flexibility index (Phi) is 3.63. The third-order valence-corrected chi connectivity index (χ3v) is 2.09. The first-order chi connectivity index (χ1) is 5.36. The van der Waals surface area contributed by atoms with Crippen LogP contribution in [0.2, 0.25) is 0 Å². The lowest BCUT2D eigenvalue weighted by atomic mass is 10.2. The first kappa shape index (κ1) is 8.78. The van der Waals surface area contributed by atoms with Crippen molar-refractivity contribution in [3.63, 3.8) is 0 Å². The smallest absolute Gasteiger partial charge is 0.146 e. The van der Waals surface area contributed by atoms with E-state index in [1.165, 1.54) is 5.56 Å². The SMILES string of the molecule is [SiH3]OCc1ccc(CCl)cc1. The maximum Gasteiger partial charge on any atom is 0.146 e. The molecule has 11 heavy (non-hydrogen) atoms. The highest BCUT2D eigenvalue weighted by molar-refractivity contribution is 6.17. The number of benzene rings is 1. The highest BCUT2D eigenvalue weighted by Crippen LogP contribution is 2.06. The molecule has 3 heteroatoms. The van der Waals surface area contributed by atoms with Crippen LogP contribution < -0.4 is 0 Å². The van der Waals surface area contributed by atoms with E-state index >= 15 is 0 Å². The molecule has 0 spiro atoms. The standard InChI is InChI=1S/C8H11ClOSi/c9-5-7-1-3-8(4-2-7)6-10-11/h1-4H,5-6H2,11H3. The van der Waals surface area contributed by atoms with Crippen molar-refractivity contribution in [3.8, 4) is 0 Å². The average molecular weight is 187 g/mol. The zero-order valence-corrected chi connectivity index (χ0v) is 9.27. The molecule has 0 bridgehead atoms. The second kappa shape index (κ2) is 4.54. The summed E-state index contributed by atoms with van der Waals surface area (Å²) in [4.78, 5) is 0. The first-order valence-electron chi connectivity index (χ1n) is 3.49. The normalized spacial score (nSPS) is 10.3. The summed E-state index contributed by atoms with van der Waals surface area (Å²) < 4.78 is 5.11. The van der Waals surface area contributed by atoms with Crippen LogP contribution in [0.25, 0.3) is 0 Å². The molecule has 0 unspecified atom stereocenters. The molecule has 0 amide bonds. The summed E-state index contributed by atoms with van der Waals surface area (Å²) in [5.41, 5.74) is 2.37. The lowest BCUT2D eigenvalue weighted by molar-refractivity contribution is 0.338. The summed E-state index contributed by atoms with van der Waals surface area (Å²) in [6.45, 7) is 0.731. The Balaban J connectivity index is 2.66. The van der Waals surface area contributed by atoms with E-state index in [1.54, 1.807) is 0 Å². The van der Waals surface area contributed by atoms with E-state index in [-0.39, 0.29) is 0 Å². The first-order valence-corrected chi connectivity index (χ1v) is 4.84. The Morgan fingerprint density at radius 1 is 1.18 bits per heavy atom. The minimum absolute atomic E-state index is 0.585. The second-order valence-corrected chi connectivity index (χ2v) is 3.23. The number of rotatable bonds is 3. The molecule has 0 radical (unpaired) electrons. The molecule has 0 aliphatic heterocycles. The topological polar surface area (TPSA) is 9.23 Å². The lowest BCUT2D eigenvalue weighted by Gasteiger charge is -1.99. The fraction of sp³-hybridized carbons (Fsp3) is 0.250. The van der Waals surface area contributed by atoms with Gasteiger partial charge in [-0.05, 0) is 11.1 Å². The Labute approximate surface area is 74.9 Å². The van der Waals surface area contributed by atoms with Gasteiger partial charge in [0.25, 0.3) is 0 Å². The molecule has 0 aliphatic rings. The van der Waals surface area contributed by atoms with Gasteiger partial charge in [-0.25, -0.2) is 0 Å². The van der Waals surface area contributed by atoms with E-state index in [1.807, 2.05) is 12.1 Å². The highest BCUT2D eigenvalue weighted by atomic mass is 35.5. The molecule has 1 aromatic carbocycles. The van der Waals surface area contributed by atoms with E-state index in [0.29, 0.717) is 5.88 Å². The van der Waals surface area contributed by atoms with Gasteiger partial charge in [-0.1, -0.05) is 24.3 Å². The van der Waals surface area contributed by atoms with Gasteiger partial charge in [0, 0.05) is 5.88 Å². The van der Waals surface area contributed by atoms with Crippen molar-refractivity contribution in [1.29, 1.82) is 0 Å². The van der Waals surface area contributed by atoms with E-state index in [9.17, 15) is 0 Å². The van der Waals surface area contributed by atoms with Gasteiger partial charge in [-0.2, -0.15) is 0 Å². The number of alkyl halides is 1. The third-order valence-electron chi connectivity index (χ3n) is 1.49. The van der Waals surface area contributed by atoms with Crippen LogP contribution in [0.3, 0.4) is 0 Å². The second-order valence-electron chi connectivity index (χ2n) is 2.38. The summed E-state index contributed by atoms with van der Waals surface area (Å²) in [7, 11) is 0.797. The summed E-state index contributed by atoms with van der Waals surface area (Å²) >= 11 is 5.63. The van der Waals surface area contributed by atoms with Crippen LogP contribution in [0.1, 0.15) is 11.1 Å². The zero-order valence-electron chi connectivity index (χ0n) is 6.51. The monoisotopic (exact) mass is 186 g/mol. The molecule has 0 heterocycles. The van der Waals surface area contributed by atoms with E-state index in [0.717, 1.165) is 22.7 Å². The molecular formula is C8H11ClOSi. The maximum atomic E-state index is 5.63. The summed E-state index contributed by atoms with van der Waals surface area (Å²) in [6, 6.07) is 8.16. The van der Waals surface area contributed by atoms with E-state index in [4.69, 9.17) is 16.0 Å². The van der Waals surface area contributed by atoms with Crippen LogP contribution in [-0.4, -0.2) is 10.5 Å². The van der Waals surface area contributed by atoms with E-state index in [2.05, 4.69) is 12.1 Å². The molecule has 0 atom stereocenters. The molecule has 0 aromatic heterocycles. The van der Waals surface area contributed by atoms with Crippen LogP contribution in [0.5, 0.6) is 0 Å². The van der Waals surface area contributed by atoms with Gasteiger partial charge >= 0.3 is 0 Å². The van der Waals surface area contributed by atoms with Gasteiger partial charge in [-0.15, -0.1) is 11.6 Å². The molecule has 0 N–H and O–H groups in total. The molecule has 0 fully saturated rings. The average Bonchev–Trinajstić information content (AvgIpc) is 2.07. The van der Waals surface area contributed by atoms with Crippen LogP contribution in [0.15, 0.2) is 24.3 Å². The minimum Gasteiger partial charge on any atom is -0.424 e. The Hall–Kier alpha value is -0.313. The van der Waals surface area contributed by atoms with Crippen molar-refractivity contribution in [1.82, 2.24) is 0 Å². The van der Waals surface area contributed by atoms with Gasteiger partial charge < -0.3 is 4.43 Å². The van der Waals surface area contributed by atoms with Gasteiger partial charge in [0.05, 0.1) is 6.61 Å². The molecule has 1 nitrogen and oxygen atoms in total. The zero-order chi connectivity index (χ0) is 8.10. The van der Waals surface area contributed by atoms with Crippen molar-refractivity contribution in [2.45, 2.75) is 12.5 Å².